The molecule has 0 saturated carbocycles. The molecule has 0 aliphatic carbocycles. The zero-order valence-electron chi connectivity index (χ0n) is 14.9. The summed E-state index contributed by atoms with van der Waals surface area (Å²) in [6.07, 6.45) is 3.71. The molecule has 1 amide bonds. The average Bonchev–Trinajstić information content (AvgIpc) is 2.95. The molecule has 2 aromatic carbocycles. The lowest BCUT2D eigenvalue weighted by atomic mass is 10.2. The number of hydrogen-bond acceptors (Lipinski definition) is 3. The summed E-state index contributed by atoms with van der Waals surface area (Å²) in [7, 11) is -3.59. The molecule has 0 radical (unpaired) electrons. The Morgan fingerprint density at radius 1 is 0.964 bits per heavy atom. The molecule has 1 saturated heterocycles. The van der Waals surface area contributed by atoms with Crippen molar-refractivity contribution in [2.75, 3.05) is 18.4 Å². The van der Waals surface area contributed by atoms with Crippen molar-refractivity contribution in [3.63, 3.8) is 0 Å². The Labute approximate surface area is 167 Å². The van der Waals surface area contributed by atoms with Gasteiger partial charge >= 0.3 is 0 Å². The van der Waals surface area contributed by atoms with Crippen LogP contribution < -0.4 is 5.32 Å². The molecule has 0 spiro atoms. The van der Waals surface area contributed by atoms with Gasteiger partial charge in [0.15, 0.2) is 11.6 Å². The molecule has 1 N–H and O–H groups in total. The van der Waals surface area contributed by atoms with Gasteiger partial charge in [-0.2, -0.15) is 4.31 Å². The molecular weight excluding hydrogens is 410 g/mol. The van der Waals surface area contributed by atoms with Crippen molar-refractivity contribution in [1.29, 1.82) is 0 Å². The standard InChI is InChI=1S/C19H19ClF2N2O3S/c20-16-12-18(22)17(21)11-15(16)19(25)23-13-5-7-14(8-6-13)28(26,27)24-9-3-1-2-4-10-24/h5-8,11-12H,1-4,9-10H2,(H,23,25). The SMILES string of the molecule is O=C(Nc1ccc(S(=O)(=O)N2CCCCCC2)cc1)c1cc(F)c(F)cc1Cl. The van der Waals surface area contributed by atoms with Gasteiger partial charge < -0.3 is 5.32 Å². The van der Waals surface area contributed by atoms with Crippen molar-refractivity contribution in [3.05, 3.63) is 58.6 Å². The molecule has 1 aliphatic rings. The maximum atomic E-state index is 13.4. The van der Waals surface area contributed by atoms with Crippen LogP contribution in [0.25, 0.3) is 0 Å². The normalized spacial score (nSPS) is 15.8. The van der Waals surface area contributed by atoms with Gasteiger partial charge in [-0.25, -0.2) is 17.2 Å². The fourth-order valence-corrected chi connectivity index (χ4v) is 4.79. The van der Waals surface area contributed by atoms with Crippen LogP contribution in [0.3, 0.4) is 0 Å². The van der Waals surface area contributed by atoms with Crippen LogP contribution in [0.5, 0.6) is 0 Å². The van der Waals surface area contributed by atoms with Crippen LogP contribution in [-0.4, -0.2) is 31.7 Å². The van der Waals surface area contributed by atoms with Crippen LogP contribution >= 0.6 is 11.6 Å². The second-order valence-corrected chi connectivity index (χ2v) is 8.89. The number of anilines is 1. The minimum absolute atomic E-state index is 0.137. The smallest absolute Gasteiger partial charge is 0.257 e. The fraction of sp³-hybridized carbons (Fsp3) is 0.316. The molecule has 1 fully saturated rings. The molecule has 3 rings (SSSR count). The maximum absolute atomic E-state index is 13.4. The summed E-state index contributed by atoms with van der Waals surface area (Å²) in [6, 6.07) is 7.13. The molecular formula is C19H19ClF2N2O3S. The highest BCUT2D eigenvalue weighted by Gasteiger charge is 2.25. The van der Waals surface area contributed by atoms with E-state index in [-0.39, 0.29) is 15.5 Å². The monoisotopic (exact) mass is 428 g/mol. The fourth-order valence-electron chi connectivity index (χ4n) is 3.04. The van der Waals surface area contributed by atoms with E-state index in [1.807, 2.05) is 0 Å². The van der Waals surface area contributed by atoms with E-state index < -0.39 is 27.6 Å². The lowest BCUT2D eigenvalue weighted by Gasteiger charge is -2.20. The lowest BCUT2D eigenvalue weighted by Crippen LogP contribution is -2.31. The number of rotatable bonds is 4. The van der Waals surface area contributed by atoms with E-state index in [1.54, 1.807) is 0 Å². The van der Waals surface area contributed by atoms with Crippen molar-refractivity contribution in [1.82, 2.24) is 4.31 Å². The zero-order chi connectivity index (χ0) is 20.3. The van der Waals surface area contributed by atoms with Gasteiger partial charge in [-0.3, -0.25) is 4.79 Å². The van der Waals surface area contributed by atoms with E-state index in [0.29, 0.717) is 24.8 Å². The van der Waals surface area contributed by atoms with E-state index in [4.69, 9.17) is 11.6 Å². The number of carbonyl (C=O) groups is 1. The number of amides is 1. The van der Waals surface area contributed by atoms with Gasteiger partial charge in [-0.15, -0.1) is 0 Å². The summed E-state index contributed by atoms with van der Waals surface area (Å²) in [5.41, 5.74) is 0.0856. The van der Waals surface area contributed by atoms with Crippen LogP contribution in [0, 0.1) is 11.6 Å². The molecule has 0 atom stereocenters. The number of nitrogens with one attached hydrogen (secondary N) is 1. The Balaban J connectivity index is 1.75. The van der Waals surface area contributed by atoms with Gasteiger partial charge in [0, 0.05) is 18.8 Å². The molecule has 2 aromatic rings. The molecule has 1 aliphatic heterocycles. The summed E-state index contributed by atoms with van der Waals surface area (Å²) in [4.78, 5) is 12.4. The quantitative estimate of drug-likeness (QED) is 0.732. The number of nitrogens with zero attached hydrogens (tertiary/aromatic N) is 1. The average molecular weight is 429 g/mol. The summed E-state index contributed by atoms with van der Waals surface area (Å²) < 4.78 is 53.5. The van der Waals surface area contributed by atoms with Gasteiger partial charge in [-0.05, 0) is 49.2 Å². The first-order valence-corrected chi connectivity index (χ1v) is 10.7. The predicted molar refractivity (Wildman–Crippen MR) is 103 cm³/mol. The van der Waals surface area contributed by atoms with E-state index >= 15 is 0 Å². The molecule has 28 heavy (non-hydrogen) atoms. The third kappa shape index (κ3) is 4.51. The number of hydrogen-bond donors (Lipinski definition) is 1. The maximum Gasteiger partial charge on any atom is 0.257 e. The second-order valence-electron chi connectivity index (χ2n) is 6.54. The van der Waals surface area contributed by atoms with E-state index in [9.17, 15) is 22.0 Å². The first-order chi connectivity index (χ1) is 13.3. The van der Waals surface area contributed by atoms with Gasteiger partial charge in [0.2, 0.25) is 10.0 Å². The summed E-state index contributed by atoms with van der Waals surface area (Å²) in [6.45, 7) is 0.991. The van der Waals surface area contributed by atoms with Gasteiger partial charge in [0.05, 0.1) is 15.5 Å². The Kier molecular flexibility index (Phi) is 6.32. The van der Waals surface area contributed by atoms with Gasteiger partial charge in [0.25, 0.3) is 5.91 Å². The first-order valence-electron chi connectivity index (χ1n) is 8.85. The van der Waals surface area contributed by atoms with Crippen molar-refractivity contribution in [2.24, 2.45) is 0 Å². The molecule has 150 valence electrons. The second kappa shape index (κ2) is 8.55. The number of sulfonamides is 1. The summed E-state index contributed by atoms with van der Waals surface area (Å²) in [5, 5.41) is 2.27. The predicted octanol–water partition coefficient (Wildman–Crippen LogP) is 4.44. The van der Waals surface area contributed by atoms with Gasteiger partial charge in [0.1, 0.15) is 0 Å². The van der Waals surface area contributed by atoms with Crippen molar-refractivity contribution < 1.29 is 22.0 Å². The largest absolute Gasteiger partial charge is 0.322 e. The molecule has 1 heterocycles. The first kappa shape index (κ1) is 20.7. The highest BCUT2D eigenvalue weighted by molar-refractivity contribution is 7.89. The van der Waals surface area contributed by atoms with Crippen molar-refractivity contribution in [3.8, 4) is 0 Å². The Hall–Kier alpha value is -2.03. The Morgan fingerprint density at radius 2 is 1.54 bits per heavy atom. The van der Waals surface area contributed by atoms with E-state index in [1.165, 1.54) is 28.6 Å². The third-order valence-corrected chi connectivity index (χ3v) is 6.80. The number of benzene rings is 2. The molecule has 0 bridgehead atoms. The Morgan fingerprint density at radius 3 is 2.14 bits per heavy atom. The number of carbonyl (C=O) groups excluding carboxylic acids is 1. The van der Waals surface area contributed by atoms with Crippen LogP contribution in [0.1, 0.15) is 36.0 Å². The highest BCUT2D eigenvalue weighted by atomic mass is 35.5. The number of halogens is 3. The van der Waals surface area contributed by atoms with E-state index in [2.05, 4.69) is 5.32 Å². The molecule has 5 nitrogen and oxygen atoms in total. The summed E-state index contributed by atoms with van der Waals surface area (Å²) >= 11 is 5.79. The van der Waals surface area contributed by atoms with Crippen LogP contribution in [-0.2, 0) is 10.0 Å². The topological polar surface area (TPSA) is 66.5 Å². The highest BCUT2D eigenvalue weighted by Crippen LogP contribution is 2.24. The van der Waals surface area contributed by atoms with E-state index in [0.717, 1.165) is 31.7 Å². The van der Waals surface area contributed by atoms with Gasteiger partial charge in [-0.1, -0.05) is 24.4 Å². The van der Waals surface area contributed by atoms with Crippen molar-refractivity contribution >= 4 is 33.2 Å². The van der Waals surface area contributed by atoms with Crippen molar-refractivity contribution in [2.45, 2.75) is 30.6 Å². The zero-order valence-corrected chi connectivity index (χ0v) is 16.5. The minimum atomic E-state index is -3.59. The molecule has 0 unspecified atom stereocenters. The van der Waals surface area contributed by atoms with Crippen LogP contribution in [0.2, 0.25) is 5.02 Å². The molecule has 9 heteroatoms. The Bertz CT molecular complexity index is 973. The van der Waals surface area contributed by atoms with Crippen LogP contribution in [0.4, 0.5) is 14.5 Å². The van der Waals surface area contributed by atoms with Crippen LogP contribution in [0.15, 0.2) is 41.3 Å². The molecule has 0 aromatic heterocycles. The summed E-state index contributed by atoms with van der Waals surface area (Å²) in [5.74, 6) is -3.06. The third-order valence-electron chi connectivity index (χ3n) is 4.57. The minimum Gasteiger partial charge on any atom is -0.322 e. The lowest BCUT2D eigenvalue weighted by molar-refractivity contribution is 0.102.